The van der Waals surface area contributed by atoms with Crippen molar-refractivity contribution >= 4 is 11.4 Å². The van der Waals surface area contributed by atoms with Gasteiger partial charge in [-0.3, -0.25) is 9.20 Å². The first-order valence-electron chi connectivity index (χ1n) is 10.8. The summed E-state index contributed by atoms with van der Waals surface area (Å²) in [6.07, 6.45) is 8.08. The lowest BCUT2D eigenvalue weighted by Crippen LogP contribution is -2.33. The number of fused-ring (bicyclic) bond motifs is 1. The fraction of sp³-hybridized carbons (Fsp3) is 0.417. The fourth-order valence-electron chi connectivity index (χ4n) is 4.33. The lowest BCUT2D eigenvalue weighted by Gasteiger charge is -2.37. The number of hydrogen-bond donors (Lipinski definition) is 1. The number of carbonyl (C=O) groups excluding carboxylic acids is 1. The molecule has 2 saturated carbocycles. The van der Waals surface area contributed by atoms with Crippen molar-refractivity contribution in [1.29, 1.82) is 0 Å². The number of pyridine rings is 1. The van der Waals surface area contributed by atoms with E-state index in [0.717, 1.165) is 37.7 Å². The van der Waals surface area contributed by atoms with E-state index in [9.17, 15) is 18.7 Å². The Kier molecular flexibility index (Phi) is 5.12. The lowest BCUT2D eigenvalue weighted by molar-refractivity contribution is -0.0502. The van der Waals surface area contributed by atoms with Crippen LogP contribution in [-0.4, -0.2) is 34.0 Å². The zero-order valence-electron chi connectivity index (χ0n) is 17.7. The van der Waals surface area contributed by atoms with Crippen LogP contribution in [0.2, 0.25) is 0 Å². The number of aliphatic hydroxyl groups is 1. The average Bonchev–Trinajstić information content (AvgIpc) is 3.45. The second-order valence-corrected chi connectivity index (χ2v) is 8.67. The number of hydrogen-bond acceptors (Lipinski definition) is 5. The topological polar surface area (TPSA) is 73.1 Å². The molecule has 8 heteroatoms. The Hall–Kier alpha value is -3.00. The van der Waals surface area contributed by atoms with Gasteiger partial charge in [-0.25, -0.2) is 4.98 Å². The molecule has 6 nitrogen and oxygen atoms in total. The number of Topliss-reactive ketones (excluding diaryl/α,β-unsaturated/α-hetero) is 1. The molecular formula is C24H24F2N2O4. The highest BCUT2D eigenvalue weighted by molar-refractivity contribution is 6.02. The van der Waals surface area contributed by atoms with Gasteiger partial charge in [-0.15, -0.1) is 0 Å². The SMILES string of the molecule is COc1cc(-c2cnc3cc(C4(O)CCC4)ccn23)cc(OC(F)F)c1C(=O)CC1CC1. The molecule has 1 N–H and O–H groups in total. The van der Waals surface area contributed by atoms with Crippen molar-refractivity contribution in [2.75, 3.05) is 7.11 Å². The molecule has 0 aliphatic heterocycles. The number of methoxy groups -OCH3 is 1. The summed E-state index contributed by atoms with van der Waals surface area (Å²) in [5, 5.41) is 10.6. The zero-order chi connectivity index (χ0) is 22.5. The van der Waals surface area contributed by atoms with Crippen molar-refractivity contribution < 1.29 is 28.2 Å². The number of ether oxygens (including phenoxy) is 2. The minimum Gasteiger partial charge on any atom is -0.496 e. The highest BCUT2D eigenvalue weighted by Gasteiger charge is 2.36. The quantitative estimate of drug-likeness (QED) is 0.499. The summed E-state index contributed by atoms with van der Waals surface area (Å²) in [7, 11) is 1.40. The number of aromatic nitrogens is 2. The van der Waals surface area contributed by atoms with Gasteiger partial charge in [0.05, 0.1) is 24.6 Å². The Labute approximate surface area is 183 Å². The molecule has 0 radical (unpaired) electrons. The smallest absolute Gasteiger partial charge is 0.387 e. The van der Waals surface area contributed by atoms with Crippen LogP contribution in [0.15, 0.2) is 36.7 Å². The molecule has 2 heterocycles. The molecule has 168 valence electrons. The maximum absolute atomic E-state index is 13.2. The van der Waals surface area contributed by atoms with E-state index in [-0.39, 0.29) is 29.3 Å². The number of rotatable bonds is 8. The third kappa shape index (κ3) is 3.72. The normalized spacial score (nSPS) is 17.4. The van der Waals surface area contributed by atoms with Gasteiger partial charge in [0.1, 0.15) is 22.7 Å². The Morgan fingerprint density at radius 2 is 2.03 bits per heavy atom. The van der Waals surface area contributed by atoms with Crippen LogP contribution in [0.5, 0.6) is 11.5 Å². The van der Waals surface area contributed by atoms with E-state index in [1.165, 1.54) is 13.2 Å². The maximum Gasteiger partial charge on any atom is 0.387 e. The summed E-state index contributed by atoms with van der Waals surface area (Å²) in [6, 6.07) is 6.77. The predicted octanol–water partition coefficient (Wildman–Crippen LogP) is 4.97. The van der Waals surface area contributed by atoms with Gasteiger partial charge in [-0.05, 0) is 67.9 Å². The molecule has 0 saturated heterocycles. The van der Waals surface area contributed by atoms with Gasteiger partial charge in [0.2, 0.25) is 0 Å². The van der Waals surface area contributed by atoms with Crippen LogP contribution in [0, 0.1) is 5.92 Å². The molecule has 0 atom stereocenters. The van der Waals surface area contributed by atoms with Gasteiger partial charge in [-0.2, -0.15) is 8.78 Å². The van der Waals surface area contributed by atoms with Crippen LogP contribution in [0.3, 0.4) is 0 Å². The monoisotopic (exact) mass is 442 g/mol. The second-order valence-electron chi connectivity index (χ2n) is 8.67. The molecule has 0 spiro atoms. The van der Waals surface area contributed by atoms with Crippen LogP contribution >= 0.6 is 0 Å². The Morgan fingerprint density at radius 1 is 1.28 bits per heavy atom. The van der Waals surface area contributed by atoms with Gasteiger partial charge >= 0.3 is 6.61 Å². The number of imidazole rings is 1. The fourth-order valence-corrected chi connectivity index (χ4v) is 4.33. The van der Waals surface area contributed by atoms with Crippen molar-refractivity contribution in [1.82, 2.24) is 9.38 Å². The van der Waals surface area contributed by atoms with Crippen LogP contribution in [0.25, 0.3) is 16.9 Å². The molecule has 1 aromatic carbocycles. The van der Waals surface area contributed by atoms with E-state index >= 15 is 0 Å². The first kappa shape index (κ1) is 20.9. The third-order valence-electron chi connectivity index (χ3n) is 6.48. The van der Waals surface area contributed by atoms with Gasteiger partial charge in [-0.1, -0.05) is 0 Å². The molecule has 0 bridgehead atoms. The van der Waals surface area contributed by atoms with Crippen molar-refractivity contribution in [3.05, 3.63) is 47.8 Å². The summed E-state index contributed by atoms with van der Waals surface area (Å²) in [5.41, 5.74) is 1.84. The Bertz CT molecular complexity index is 1180. The summed E-state index contributed by atoms with van der Waals surface area (Å²) in [4.78, 5) is 17.2. The molecule has 2 aliphatic rings. The van der Waals surface area contributed by atoms with Crippen LogP contribution < -0.4 is 9.47 Å². The molecule has 32 heavy (non-hydrogen) atoms. The minimum absolute atomic E-state index is 0.0479. The molecule has 2 fully saturated rings. The Morgan fingerprint density at radius 3 is 2.66 bits per heavy atom. The molecule has 0 amide bonds. The standard InChI is InChI=1S/C24H24F2N2O4/c1-31-19-10-15(11-20(32-23(25)26)22(19)18(29)9-14-3-4-14)17-13-27-21-12-16(5-8-28(17)21)24(30)6-2-7-24/h5,8,10-14,23,30H,2-4,6-7,9H2,1H3. The maximum atomic E-state index is 13.2. The zero-order valence-corrected chi connectivity index (χ0v) is 17.7. The summed E-state index contributed by atoms with van der Waals surface area (Å²) in [5.74, 6) is 0.0299. The van der Waals surface area contributed by atoms with E-state index in [1.807, 2.05) is 12.1 Å². The second kappa shape index (κ2) is 7.85. The number of ketones is 1. The van der Waals surface area contributed by atoms with E-state index in [0.29, 0.717) is 22.8 Å². The number of nitrogens with zero attached hydrogens (tertiary/aromatic N) is 2. The number of benzene rings is 1. The van der Waals surface area contributed by atoms with Crippen molar-refractivity contribution in [3.8, 4) is 22.8 Å². The highest BCUT2D eigenvalue weighted by Crippen LogP contribution is 2.42. The first-order valence-corrected chi connectivity index (χ1v) is 10.8. The van der Waals surface area contributed by atoms with Gasteiger partial charge in [0, 0.05) is 18.2 Å². The highest BCUT2D eigenvalue weighted by atomic mass is 19.3. The van der Waals surface area contributed by atoms with Crippen LogP contribution in [0.4, 0.5) is 8.78 Å². The first-order chi connectivity index (χ1) is 15.4. The van der Waals surface area contributed by atoms with Crippen molar-refractivity contribution in [2.45, 2.75) is 50.7 Å². The van der Waals surface area contributed by atoms with Gasteiger partial charge in [0.25, 0.3) is 0 Å². The van der Waals surface area contributed by atoms with Crippen molar-refractivity contribution in [3.63, 3.8) is 0 Å². The molecule has 3 aromatic rings. The van der Waals surface area contributed by atoms with E-state index in [2.05, 4.69) is 4.98 Å². The molecule has 2 aliphatic carbocycles. The lowest BCUT2D eigenvalue weighted by atomic mass is 9.75. The van der Waals surface area contributed by atoms with E-state index < -0.39 is 12.2 Å². The van der Waals surface area contributed by atoms with Crippen molar-refractivity contribution in [2.24, 2.45) is 5.92 Å². The van der Waals surface area contributed by atoms with E-state index in [4.69, 9.17) is 9.47 Å². The Balaban J connectivity index is 1.58. The predicted molar refractivity (Wildman–Crippen MR) is 113 cm³/mol. The number of halogens is 2. The third-order valence-corrected chi connectivity index (χ3v) is 6.48. The summed E-state index contributed by atoms with van der Waals surface area (Å²) >= 11 is 0. The molecule has 2 aromatic heterocycles. The summed E-state index contributed by atoms with van der Waals surface area (Å²) in [6.45, 7) is -3.07. The van der Waals surface area contributed by atoms with Crippen LogP contribution in [-0.2, 0) is 5.60 Å². The molecular weight excluding hydrogens is 418 g/mol. The minimum atomic E-state index is -3.07. The number of alkyl halides is 2. The van der Waals surface area contributed by atoms with Crippen LogP contribution in [0.1, 0.15) is 54.4 Å². The molecule has 5 rings (SSSR count). The number of carbonyl (C=O) groups is 1. The van der Waals surface area contributed by atoms with Gasteiger partial charge in [0.15, 0.2) is 5.78 Å². The molecule has 0 unspecified atom stereocenters. The largest absolute Gasteiger partial charge is 0.496 e. The van der Waals surface area contributed by atoms with Gasteiger partial charge < -0.3 is 14.6 Å². The van der Waals surface area contributed by atoms with E-state index in [1.54, 1.807) is 22.9 Å². The summed E-state index contributed by atoms with van der Waals surface area (Å²) < 4.78 is 38.3. The average molecular weight is 442 g/mol.